The van der Waals surface area contributed by atoms with Gasteiger partial charge in [0.15, 0.2) is 0 Å². The number of alkyl carbamates (subject to hydrolysis) is 1. The zero-order chi connectivity index (χ0) is 22.2. The molecule has 1 amide bonds. The van der Waals surface area contributed by atoms with Crippen LogP contribution in [0.3, 0.4) is 0 Å². The first-order chi connectivity index (χ1) is 15.0. The number of carboxylic acids is 1. The van der Waals surface area contributed by atoms with Crippen LogP contribution in [-0.2, 0) is 27.2 Å². The van der Waals surface area contributed by atoms with E-state index in [0.717, 1.165) is 50.2 Å². The predicted octanol–water partition coefficient (Wildman–Crippen LogP) is 1.76. The highest BCUT2D eigenvalue weighted by atomic mass is 16.5. The number of anilines is 1. The van der Waals surface area contributed by atoms with Crippen molar-refractivity contribution >= 4 is 23.7 Å². The number of rotatable bonds is 11. The summed E-state index contributed by atoms with van der Waals surface area (Å²) in [7, 11) is 0. The monoisotopic (exact) mass is 432 g/mol. The number of aryl methyl sites for hydroxylation is 1. The van der Waals surface area contributed by atoms with Crippen molar-refractivity contribution in [1.29, 1.82) is 0 Å². The molecule has 2 heterocycles. The fourth-order valence-corrected chi connectivity index (χ4v) is 4.01. The van der Waals surface area contributed by atoms with E-state index in [1.165, 1.54) is 5.56 Å². The number of amides is 1. The Kier molecular flexibility index (Phi) is 8.22. The molecule has 1 saturated carbocycles. The fraction of sp³-hybridized carbons (Fsp3) is 0.636. The third-order valence-electron chi connectivity index (χ3n) is 5.82. The maximum atomic E-state index is 12.4. The van der Waals surface area contributed by atoms with Crippen molar-refractivity contribution in [2.75, 3.05) is 31.6 Å². The van der Waals surface area contributed by atoms with Gasteiger partial charge < -0.3 is 25.8 Å². The predicted molar refractivity (Wildman–Crippen MR) is 115 cm³/mol. The maximum Gasteiger partial charge on any atom is 0.407 e. The van der Waals surface area contributed by atoms with E-state index in [0.29, 0.717) is 12.3 Å². The van der Waals surface area contributed by atoms with Crippen molar-refractivity contribution < 1.29 is 24.2 Å². The Balaban J connectivity index is 1.35. The summed E-state index contributed by atoms with van der Waals surface area (Å²) in [5.74, 6) is 0.349. The van der Waals surface area contributed by atoms with Gasteiger partial charge in [0.1, 0.15) is 17.6 Å². The molecular formula is C22H32N4O5. The summed E-state index contributed by atoms with van der Waals surface area (Å²) in [5, 5.41) is 17.7. The minimum absolute atomic E-state index is 0.000918. The number of nitrogens with one attached hydrogen (secondary N) is 3. The molecule has 1 aliphatic heterocycles. The average Bonchev–Trinajstić information content (AvgIpc) is 2.73. The molecule has 0 saturated heterocycles. The van der Waals surface area contributed by atoms with E-state index in [2.05, 4.69) is 28.1 Å². The first-order valence-electron chi connectivity index (χ1n) is 11.1. The third kappa shape index (κ3) is 6.65. The second-order valence-electron chi connectivity index (χ2n) is 8.35. The van der Waals surface area contributed by atoms with Gasteiger partial charge in [0.05, 0.1) is 13.2 Å². The van der Waals surface area contributed by atoms with Crippen LogP contribution in [0, 0.1) is 11.8 Å². The van der Waals surface area contributed by atoms with Crippen LogP contribution in [0.4, 0.5) is 10.6 Å². The summed E-state index contributed by atoms with van der Waals surface area (Å²) in [6, 6.07) is 3.10. The molecule has 1 aliphatic carbocycles. The molecule has 0 spiro atoms. The minimum Gasteiger partial charge on any atom is -0.480 e. The molecule has 1 fully saturated rings. The molecule has 3 rings (SSSR count). The van der Waals surface area contributed by atoms with Gasteiger partial charge in [-0.05, 0) is 56.1 Å². The van der Waals surface area contributed by atoms with E-state index in [-0.39, 0.29) is 31.4 Å². The molecule has 0 radical (unpaired) electrons. The molecule has 0 unspecified atom stereocenters. The lowest BCUT2D eigenvalue weighted by molar-refractivity contribution is -0.139. The van der Waals surface area contributed by atoms with Crippen molar-refractivity contribution in [3.05, 3.63) is 23.4 Å². The lowest BCUT2D eigenvalue weighted by Crippen LogP contribution is -2.49. The number of Topliss-reactive ketones (excluding diaryl/α,β-unsaturated/α-hetero) is 1. The standard InChI is InChI=1S/C22H32N4O5/c1-2-8-31-22(30)26-18(21(28)29)12-23-13-19(27)16-9-14(10-16)11-17-6-5-15-4-3-7-24-20(15)25-17/h5-6,14,16,18,23H,2-4,7-13H2,1H3,(H,24,25)(H,26,30)(H,28,29)/t14?,16?,18-/m0/s1. The first kappa shape index (κ1) is 23.0. The molecule has 0 aromatic carbocycles. The number of carbonyl (C=O) groups excluding carboxylic acids is 2. The van der Waals surface area contributed by atoms with Crippen LogP contribution in [0.5, 0.6) is 0 Å². The summed E-state index contributed by atoms with van der Waals surface area (Å²) >= 11 is 0. The van der Waals surface area contributed by atoms with Crippen LogP contribution in [0.15, 0.2) is 12.1 Å². The lowest BCUT2D eigenvalue weighted by Gasteiger charge is -2.34. The van der Waals surface area contributed by atoms with Crippen LogP contribution in [0.25, 0.3) is 0 Å². The molecule has 2 aliphatic rings. The summed E-state index contributed by atoms with van der Waals surface area (Å²) in [4.78, 5) is 39.9. The molecule has 170 valence electrons. The number of aliphatic carboxylic acids is 1. The summed E-state index contributed by atoms with van der Waals surface area (Å²) < 4.78 is 4.84. The van der Waals surface area contributed by atoms with Gasteiger partial charge in [-0.15, -0.1) is 0 Å². The molecule has 9 nitrogen and oxygen atoms in total. The van der Waals surface area contributed by atoms with Gasteiger partial charge in [0.25, 0.3) is 0 Å². The van der Waals surface area contributed by atoms with Gasteiger partial charge in [-0.25, -0.2) is 14.6 Å². The third-order valence-corrected chi connectivity index (χ3v) is 5.82. The zero-order valence-corrected chi connectivity index (χ0v) is 18.0. The summed E-state index contributed by atoms with van der Waals surface area (Å²) in [6.45, 7) is 3.10. The second-order valence-corrected chi connectivity index (χ2v) is 8.35. The molecule has 1 atom stereocenters. The van der Waals surface area contributed by atoms with Gasteiger partial charge in [0, 0.05) is 24.7 Å². The van der Waals surface area contributed by atoms with Crippen molar-refractivity contribution in [3.63, 3.8) is 0 Å². The second kappa shape index (κ2) is 11.1. The number of pyridine rings is 1. The van der Waals surface area contributed by atoms with Crippen LogP contribution in [-0.4, -0.2) is 60.2 Å². The topological polar surface area (TPSA) is 130 Å². The highest BCUT2D eigenvalue weighted by Gasteiger charge is 2.34. The Morgan fingerprint density at radius 2 is 2.13 bits per heavy atom. The van der Waals surface area contributed by atoms with E-state index >= 15 is 0 Å². The van der Waals surface area contributed by atoms with Crippen LogP contribution < -0.4 is 16.0 Å². The number of ether oxygens (including phenoxy) is 1. The number of nitrogens with zero attached hydrogens (tertiary/aromatic N) is 1. The highest BCUT2D eigenvalue weighted by Crippen LogP contribution is 2.36. The number of ketones is 1. The van der Waals surface area contributed by atoms with E-state index in [4.69, 9.17) is 9.72 Å². The van der Waals surface area contributed by atoms with E-state index < -0.39 is 18.1 Å². The van der Waals surface area contributed by atoms with Crippen molar-refractivity contribution in [2.24, 2.45) is 11.8 Å². The number of fused-ring (bicyclic) bond motifs is 1. The number of aromatic nitrogens is 1. The Labute approximate surface area is 182 Å². The maximum absolute atomic E-state index is 12.4. The van der Waals surface area contributed by atoms with Crippen LogP contribution >= 0.6 is 0 Å². The molecule has 1 aromatic heterocycles. The zero-order valence-electron chi connectivity index (χ0n) is 18.0. The van der Waals surface area contributed by atoms with E-state index in [1.54, 1.807) is 0 Å². The SMILES string of the molecule is CCCOC(=O)N[C@@H](CNCC(=O)C1CC(Cc2ccc3c(n2)NCCC3)C1)C(=O)O. The molecule has 0 bridgehead atoms. The summed E-state index contributed by atoms with van der Waals surface area (Å²) in [5.41, 5.74) is 2.34. The van der Waals surface area contributed by atoms with E-state index in [1.807, 2.05) is 6.92 Å². The van der Waals surface area contributed by atoms with Gasteiger partial charge in [-0.2, -0.15) is 0 Å². The van der Waals surface area contributed by atoms with Crippen molar-refractivity contribution in [1.82, 2.24) is 15.6 Å². The Morgan fingerprint density at radius 1 is 1.32 bits per heavy atom. The Morgan fingerprint density at radius 3 is 2.87 bits per heavy atom. The van der Waals surface area contributed by atoms with Gasteiger partial charge in [-0.1, -0.05) is 13.0 Å². The molecule has 4 N–H and O–H groups in total. The minimum atomic E-state index is -1.18. The van der Waals surface area contributed by atoms with Gasteiger partial charge in [-0.3, -0.25) is 4.79 Å². The number of carboxylic acid groups (broad SMARTS) is 1. The van der Waals surface area contributed by atoms with Gasteiger partial charge >= 0.3 is 12.1 Å². The normalized spacial score (nSPS) is 20.5. The smallest absolute Gasteiger partial charge is 0.407 e. The summed E-state index contributed by atoms with van der Waals surface area (Å²) in [6.07, 6.45) is 4.63. The van der Waals surface area contributed by atoms with Gasteiger partial charge in [0.2, 0.25) is 0 Å². The molecule has 31 heavy (non-hydrogen) atoms. The highest BCUT2D eigenvalue weighted by molar-refractivity contribution is 5.84. The Bertz CT molecular complexity index is 794. The van der Waals surface area contributed by atoms with Crippen molar-refractivity contribution in [2.45, 2.75) is 51.5 Å². The lowest BCUT2D eigenvalue weighted by atomic mass is 9.70. The molecule has 1 aromatic rings. The average molecular weight is 433 g/mol. The first-order valence-corrected chi connectivity index (χ1v) is 11.1. The Hall–Kier alpha value is -2.68. The number of hydrogen-bond donors (Lipinski definition) is 4. The molecule has 9 heteroatoms. The molecular weight excluding hydrogens is 400 g/mol. The van der Waals surface area contributed by atoms with E-state index in [9.17, 15) is 19.5 Å². The fourth-order valence-electron chi connectivity index (χ4n) is 4.01. The van der Waals surface area contributed by atoms with Crippen LogP contribution in [0.1, 0.15) is 43.9 Å². The number of carbonyl (C=O) groups is 3. The quantitative estimate of drug-likeness (QED) is 0.416. The largest absolute Gasteiger partial charge is 0.480 e. The van der Waals surface area contributed by atoms with Crippen LogP contribution in [0.2, 0.25) is 0 Å². The van der Waals surface area contributed by atoms with Crippen molar-refractivity contribution in [3.8, 4) is 0 Å². The number of hydrogen-bond acceptors (Lipinski definition) is 7.